The summed E-state index contributed by atoms with van der Waals surface area (Å²) in [6.45, 7) is 0.496. The standard InChI is InChI=1S/C41H33F7N10O4S2/c1-56-32-22(4-3-5-24(32)35(54-56)55-64(2,61)62)25-16-28-36(52-38(63-28)57-10-8-39(9-11-57)18-49-37(39)60)51-31(25)27(14-19-12-20(42)15-21(43)13-19)50-29(59)17-58-34-30(33(53-58)41(46,47)48)23-6-7-26(23)40(34,44)45/h3-5,12-13,15-16,23,26-27H,8-11,14,17-18H2,1-2H3,(H,49,60)(H,50,59)(H,54,55)/t23-,26+,27-/m0/s1. The molecule has 6 heterocycles. The molecule has 4 aliphatic rings. The summed E-state index contributed by atoms with van der Waals surface area (Å²) in [6, 6.07) is 7.97. The molecule has 14 nitrogen and oxygen atoms in total. The summed E-state index contributed by atoms with van der Waals surface area (Å²) in [4.78, 5) is 38.3. The summed E-state index contributed by atoms with van der Waals surface area (Å²) in [5, 5.41) is 14.3. The molecule has 332 valence electrons. The molecule has 2 aliphatic heterocycles. The third kappa shape index (κ3) is 6.88. The van der Waals surface area contributed by atoms with Crippen molar-refractivity contribution < 1.29 is 48.7 Å². The lowest BCUT2D eigenvalue weighted by atomic mass is 9.73. The van der Waals surface area contributed by atoms with Crippen LogP contribution >= 0.6 is 11.3 Å². The van der Waals surface area contributed by atoms with Crippen molar-refractivity contribution in [2.45, 2.75) is 49.9 Å². The Labute approximate surface area is 362 Å². The third-order valence-corrected chi connectivity index (χ3v) is 13.8. The number of nitrogens with one attached hydrogen (secondary N) is 3. The Hall–Kier alpha value is -6.28. The molecule has 10 rings (SSSR count). The Kier molecular flexibility index (Phi) is 9.36. The van der Waals surface area contributed by atoms with E-state index in [0.29, 0.717) is 75.1 Å². The van der Waals surface area contributed by atoms with Crippen LogP contribution < -0.4 is 20.3 Å². The molecule has 4 aromatic heterocycles. The zero-order valence-electron chi connectivity index (χ0n) is 33.4. The zero-order valence-corrected chi connectivity index (χ0v) is 35.1. The second kappa shape index (κ2) is 14.4. The van der Waals surface area contributed by atoms with E-state index in [9.17, 15) is 40.0 Å². The number of amides is 2. The highest BCUT2D eigenvalue weighted by Crippen LogP contribution is 2.58. The molecule has 3 N–H and O–H groups in total. The number of para-hydroxylation sites is 1. The number of alkyl halides is 5. The van der Waals surface area contributed by atoms with Gasteiger partial charge in [-0.3, -0.25) is 23.7 Å². The minimum atomic E-state index is -5.15. The minimum Gasteiger partial charge on any atom is -0.354 e. The number of sulfonamides is 1. The minimum absolute atomic E-state index is 0.00114. The van der Waals surface area contributed by atoms with Crippen molar-refractivity contribution in [2.75, 3.05) is 35.5 Å². The smallest absolute Gasteiger partial charge is 0.354 e. The maximum Gasteiger partial charge on any atom is 0.435 e. The lowest BCUT2D eigenvalue weighted by molar-refractivity contribution is -0.143. The summed E-state index contributed by atoms with van der Waals surface area (Å²) in [7, 11) is -2.23. The number of halogens is 7. The maximum atomic E-state index is 15.7. The molecule has 64 heavy (non-hydrogen) atoms. The monoisotopic (exact) mass is 926 g/mol. The number of hydrogen-bond donors (Lipinski definition) is 3. The number of benzene rings is 2. The Balaban J connectivity index is 1.11. The number of nitrogens with zero attached hydrogens (tertiary/aromatic N) is 7. The van der Waals surface area contributed by atoms with Gasteiger partial charge in [-0.1, -0.05) is 35.3 Å². The van der Waals surface area contributed by atoms with Gasteiger partial charge in [-0.25, -0.2) is 22.2 Å². The number of hydrogen-bond acceptors (Lipinski definition) is 10. The van der Waals surface area contributed by atoms with E-state index in [2.05, 4.69) is 37.4 Å². The molecule has 6 aromatic rings. The molecule has 2 saturated heterocycles. The van der Waals surface area contributed by atoms with Gasteiger partial charge in [-0.15, -0.1) is 0 Å². The van der Waals surface area contributed by atoms with Crippen LogP contribution in [0.1, 0.15) is 53.0 Å². The molecule has 23 heteroatoms. The predicted octanol–water partition coefficient (Wildman–Crippen LogP) is 5.75. The fraction of sp³-hybridized carbons (Fsp3) is 0.366. The largest absolute Gasteiger partial charge is 0.435 e. The Morgan fingerprint density at radius 2 is 1.78 bits per heavy atom. The van der Waals surface area contributed by atoms with Crippen molar-refractivity contribution in [3.05, 3.63) is 82.3 Å². The van der Waals surface area contributed by atoms with E-state index >= 15 is 8.78 Å². The molecular weight excluding hydrogens is 894 g/mol. The zero-order chi connectivity index (χ0) is 45.2. The molecule has 0 unspecified atom stereocenters. The van der Waals surface area contributed by atoms with E-state index in [1.54, 1.807) is 31.3 Å². The second-order valence-electron chi connectivity index (χ2n) is 16.5. The normalized spacial score (nSPS) is 20.0. The molecule has 3 atom stereocenters. The highest BCUT2D eigenvalue weighted by atomic mass is 32.2. The van der Waals surface area contributed by atoms with Crippen LogP contribution in [0.15, 0.2) is 42.5 Å². The number of carbonyl (C=O) groups is 2. The van der Waals surface area contributed by atoms with Crippen LogP contribution in [-0.4, -0.2) is 75.7 Å². The number of fused-ring (bicyclic) bond motifs is 5. The SMILES string of the molecule is Cn1nc(NS(C)(=O)=O)c2cccc(-c3cc4sc(N5CCC6(CC5)CNC6=O)nc4nc3[C@H](Cc3cc(F)cc(F)c3)NC(=O)Cn3nc(C(F)(F)F)c4c3C(F)(F)[C@@H]3C#C[C@H]43)c21. The van der Waals surface area contributed by atoms with Gasteiger partial charge in [-0.2, -0.15) is 37.1 Å². The summed E-state index contributed by atoms with van der Waals surface area (Å²) >= 11 is 1.29. The van der Waals surface area contributed by atoms with Crippen LogP contribution in [0.3, 0.4) is 0 Å². The van der Waals surface area contributed by atoms with Gasteiger partial charge >= 0.3 is 12.1 Å². The number of anilines is 2. The van der Waals surface area contributed by atoms with Crippen molar-refractivity contribution in [2.24, 2.45) is 18.4 Å². The molecule has 2 aliphatic carbocycles. The topological polar surface area (TPSA) is 169 Å². The van der Waals surface area contributed by atoms with Gasteiger partial charge in [0.1, 0.15) is 29.8 Å². The number of pyridine rings is 1. The molecule has 1 spiro atoms. The molecule has 0 radical (unpaired) electrons. The van der Waals surface area contributed by atoms with E-state index in [-0.39, 0.29) is 35.1 Å². The van der Waals surface area contributed by atoms with Crippen LogP contribution in [0, 0.1) is 34.8 Å². The lowest BCUT2D eigenvalue weighted by Gasteiger charge is -2.46. The van der Waals surface area contributed by atoms with Gasteiger partial charge in [-0.05, 0) is 49.1 Å². The summed E-state index contributed by atoms with van der Waals surface area (Å²) in [5.41, 5.74) is -2.51. The quantitative estimate of drug-likeness (QED) is 0.0881. The van der Waals surface area contributed by atoms with E-state index in [1.165, 1.54) is 16.0 Å². The summed E-state index contributed by atoms with van der Waals surface area (Å²) in [5.74, 6) is -5.40. The average Bonchev–Trinajstić information content (AvgIpc) is 3.91. The first-order chi connectivity index (χ1) is 30.2. The first kappa shape index (κ1) is 41.7. The Bertz CT molecular complexity index is 3140. The summed E-state index contributed by atoms with van der Waals surface area (Å²) in [6.07, 6.45) is -3.38. The second-order valence-corrected chi connectivity index (χ2v) is 19.2. The fourth-order valence-corrected chi connectivity index (χ4v) is 10.7. The third-order valence-electron chi connectivity index (χ3n) is 12.2. The van der Waals surface area contributed by atoms with E-state index in [1.807, 2.05) is 4.90 Å². The van der Waals surface area contributed by atoms with Crippen molar-refractivity contribution >= 4 is 65.4 Å². The van der Waals surface area contributed by atoms with Crippen LogP contribution in [-0.2, 0) is 51.7 Å². The van der Waals surface area contributed by atoms with Gasteiger partial charge in [0.25, 0.3) is 0 Å². The van der Waals surface area contributed by atoms with Gasteiger partial charge in [0, 0.05) is 54.8 Å². The number of aromatic nitrogens is 6. The number of piperidine rings is 1. The number of aryl methyl sites for hydroxylation is 1. The average molecular weight is 927 g/mol. The lowest BCUT2D eigenvalue weighted by Crippen LogP contribution is -2.62. The van der Waals surface area contributed by atoms with E-state index < -0.39 is 86.5 Å². The van der Waals surface area contributed by atoms with Crippen molar-refractivity contribution in [1.29, 1.82) is 0 Å². The van der Waals surface area contributed by atoms with Crippen molar-refractivity contribution in [3.8, 4) is 23.0 Å². The van der Waals surface area contributed by atoms with Gasteiger partial charge in [0.15, 0.2) is 22.3 Å². The first-order valence-electron chi connectivity index (χ1n) is 19.8. The Morgan fingerprint density at radius 1 is 1.05 bits per heavy atom. The van der Waals surface area contributed by atoms with Crippen LogP contribution in [0.5, 0.6) is 0 Å². The predicted molar refractivity (Wildman–Crippen MR) is 219 cm³/mol. The molecule has 0 saturated carbocycles. The highest BCUT2D eigenvalue weighted by Gasteiger charge is 2.62. The van der Waals surface area contributed by atoms with Gasteiger partial charge < -0.3 is 15.5 Å². The number of thiazole rings is 1. The maximum absolute atomic E-state index is 15.7. The first-order valence-corrected chi connectivity index (χ1v) is 22.5. The van der Waals surface area contributed by atoms with E-state index in [0.717, 1.165) is 18.4 Å². The molecular formula is C41H33F7N10O4S2. The highest BCUT2D eigenvalue weighted by molar-refractivity contribution is 7.92. The number of carbonyl (C=O) groups excluding carboxylic acids is 2. The van der Waals surface area contributed by atoms with Crippen molar-refractivity contribution in [1.82, 2.24) is 40.2 Å². The fourth-order valence-electron chi connectivity index (χ4n) is 9.17. The molecule has 2 fully saturated rings. The van der Waals surface area contributed by atoms with Crippen LogP contribution in [0.25, 0.3) is 32.4 Å². The van der Waals surface area contributed by atoms with Gasteiger partial charge in [0.05, 0.1) is 39.5 Å². The van der Waals surface area contributed by atoms with Crippen LogP contribution in [0.2, 0.25) is 0 Å². The molecule has 2 amide bonds. The Morgan fingerprint density at radius 3 is 2.41 bits per heavy atom. The molecule has 2 aromatic carbocycles. The number of rotatable bonds is 10. The summed E-state index contributed by atoms with van der Waals surface area (Å²) < 4.78 is 133. The van der Waals surface area contributed by atoms with Crippen LogP contribution in [0.4, 0.5) is 41.7 Å². The van der Waals surface area contributed by atoms with Crippen molar-refractivity contribution in [3.63, 3.8) is 0 Å². The molecule has 0 bridgehead atoms. The van der Waals surface area contributed by atoms with E-state index in [4.69, 9.17) is 9.97 Å². The number of β-lactam (4-membered cyclic amide) rings is 1. The van der Waals surface area contributed by atoms with Gasteiger partial charge in [0.2, 0.25) is 21.8 Å².